The molecule has 1 N–H and O–H groups in total. The fourth-order valence-electron chi connectivity index (χ4n) is 3.11. The highest BCUT2D eigenvalue weighted by Gasteiger charge is 2.12. The lowest BCUT2D eigenvalue weighted by Crippen LogP contribution is -2.12. The molecule has 0 aliphatic carbocycles. The van der Waals surface area contributed by atoms with Crippen LogP contribution in [-0.2, 0) is 6.54 Å². The number of methoxy groups -OCH3 is 1. The topological polar surface area (TPSA) is 69.0 Å². The molecule has 0 fully saturated rings. The van der Waals surface area contributed by atoms with Gasteiger partial charge in [-0.05, 0) is 60.5 Å². The normalized spacial score (nSPS) is 10.9. The van der Waals surface area contributed by atoms with E-state index in [9.17, 15) is 4.79 Å². The predicted octanol–water partition coefficient (Wildman–Crippen LogP) is 4.70. The molecular weight excluding hydrogens is 388 g/mol. The summed E-state index contributed by atoms with van der Waals surface area (Å²) in [6, 6.07) is 18.6. The van der Waals surface area contributed by atoms with Gasteiger partial charge in [0, 0.05) is 16.3 Å². The molecule has 29 heavy (non-hydrogen) atoms. The Kier molecular flexibility index (Phi) is 5.18. The van der Waals surface area contributed by atoms with Crippen molar-refractivity contribution in [3.63, 3.8) is 0 Å². The number of rotatable bonds is 5. The Labute approximate surface area is 173 Å². The van der Waals surface area contributed by atoms with E-state index in [1.54, 1.807) is 36.1 Å². The second-order valence-corrected chi connectivity index (χ2v) is 7.08. The lowest BCUT2D eigenvalue weighted by atomic mass is 10.1. The minimum Gasteiger partial charge on any atom is -0.497 e. The summed E-state index contributed by atoms with van der Waals surface area (Å²) < 4.78 is 7.07. The van der Waals surface area contributed by atoms with E-state index in [4.69, 9.17) is 16.3 Å². The van der Waals surface area contributed by atoms with Crippen molar-refractivity contribution in [3.05, 3.63) is 82.4 Å². The molecule has 0 spiro atoms. The van der Waals surface area contributed by atoms with Crippen LogP contribution in [0.1, 0.15) is 21.5 Å². The highest BCUT2D eigenvalue weighted by Crippen LogP contribution is 2.24. The maximum absolute atomic E-state index is 12.7. The molecule has 0 aliphatic rings. The summed E-state index contributed by atoms with van der Waals surface area (Å²) >= 11 is 6.13. The van der Waals surface area contributed by atoms with E-state index in [0.717, 1.165) is 22.4 Å². The molecule has 3 aromatic carbocycles. The van der Waals surface area contributed by atoms with Crippen LogP contribution in [0.2, 0.25) is 5.02 Å². The monoisotopic (exact) mass is 406 g/mol. The Morgan fingerprint density at radius 2 is 1.97 bits per heavy atom. The Morgan fingerprint density at radius 1 is 1.14 bits per heavy atom. The van der Waals surface area contributed by atoms with Crippen LogP contribution in [0.4, 0.5) is 5.69 Å². The van der Waals surface area contributed by atoms with Crippen LogP contribution >= 0.6 is 11.6 Å². The number of hydrogen-bond acceptors (Lipinski definition) is 4. The minimum atomic E-state index is -0.223. The van der Waals surface area contributed by atoms with Gasteiger partial charge in [-0.25, -0.2) is 4.68 Å². The summed E-state index contributed by atoms with van der Waals surface area (Å²) in [7, 11) is 1.64. The molecule has 0 unspecified atom stereocenters. The maximum Gasteiger partial charge on any atom is 0.255 e. The van der Waals surface area contributed by atoms with Gasteiger partial charge in [0.05, 0.1) is 19.2 Å². The van der Waals surface area contributed by atoms with E-state index in [-0.39, 0.29) is 5.91 Å². The molecule has 6 nitrogen and oxygen atoms in total. The fourth-order valence-corrected chi connectivity index (χ4v) is 3.29. The first-order valence-corrected chi connectivity index (χ1v) is 9.45. The SMILES string of the molecule is COc1cccc(Cn2nnc3cc(C(=O)Nc4cccc(Cl)c4C)ccc32)c1. The summed E-state index contributed by atoms with van der Waals surface area (Å²) in [6.45, 7) is 2.42. The zero-order valence-corrected chi connectivity index (χ0v) is 16.8. The molecule has 0 saturated heterocycles. The third-order valence-corrected chi connectivity index (χ3v) is 5.17. The van der Waals surface area contributed by atoms with Crippen LogP contribution in [0.15, 0.2) is 60.7 Å². The van der Waals surface area contributed by atoms with Gasteiger partial charge in [-0.2, -0.15) is 0 Å². The maximum atomic E-state index is 12.7. The number of anilines is 1. The number of halogens is 1. The number of ether oxygens (including phenoxy) is 1. The van der Waals surface area contributed by atoms with Gasteiger partial charge < -0.3 is 10.1 Å². The van der Waals surface area contributed by atoms with Gasteiger partial charge in [0.25, 0.3) is 5.91 Å². The highest BCUT2D eigenvalue weighted by atomic mass is 35.5. The van der Waals surface area contributed by atoms with Crippen LogP contribution in [0.5, 0.6) is 5.75 Å². The molecule has 1 aromatic heterocycles. The smallest absolute Gasteiger partial charge is 0.255 e. The molecule has 0 atom stereocenters. The van der Waals surface area contributed by atoms with Crippen LogP contribution in [0.3, 0.4) is 0 Å². The van der Waals surface area contributed by atoms with Crippen molar-refractivity contribution >= 4 is 34.2 Å². The minimum absolute atomic E-state index is 0.223. The average Bonchev–Trinajstić information content (AvgIpc) is 3.13. The number of benzene rings is 3. The fraction of sp³-hybridized carbons (Fsp3) is 0.136. The molecule has 0 saturated carbocycles. The molecule has 0 bridgehead atoms. The average molecular weight is 407 g/mol. The van der Waals surface area contributed by atoms with Gasteiger partial charge in [0.15, 0.2) is 0 Å². The van der Waals surface area contributed by atoms with Crippen LogP contribution in [0.25, 0.3) is 11.0 Å². The molecule has 4 aromatic rings. The number of hydrogen-bond donors (Lipinski definition) is 1. The van der Waals surface area contributed by atoms with Crippen LogP contribution in [0, 0.1) is 6.92 Å². The van der Waals surface area contributed by atoms with Crippen molar-refractivity contribution in [2.75, 3.05) is 12.4 Å². The van der Waals surface area contributed by atoms with E-state index in [2.05, 4.69) is 15.6 Å². The van der Waals surface area contributed by atoms with E-state index in [0.29, 0.717) is 28.3 Å². The number of aromatic nitrogens is 3. The lowest BCUT2D eigenvalue weighted by molar-refractivity contribution is 0.102. The Bertz CT molecular complexity index is 1200. The molecular formula is C22H19ClN4O2. The summed E-state index contributed by atoms with van der Waals surface area (Å²) in [5, 5.41) is 12.0. The van der Waals surface area contributed by atoms with Gasteiger partial charge in [-0.1, -0.05) is 35.0 Å². The van der Waals surface area contributed by atoms with Gasteiger partial charge in [-0.3, -0.25) is 4.79 Å². The van der Waals surface area contributed by atoms with Crippen molar-refractivity contribution in [1.82, 2.24) is 15.0 Å². The second-order valence-electron chi connectivity index (χ2n) is 6.67. The number of nitrogens with zero attached hydrogens (tertiary/aromatic N) is 3. The Balaban J connectivity index is 1.57. The molecule has 7 heteroatoms. The number of carbonyl (C=O) groups excluding carboxylic acids is 1. The third-order valence-electron chi connectivity index (χ3n) is 4.76. The summed E-state index contributed by atoms with van der Waals surface area (Å²) in [5.41, 5.74) is 4.57. The molecule has 0 aliphatic heterocycles. The van der Waals surface area contributed by atoms with Crippen LogP contribution < -0.4 is 10.1 Å². The zero-order valence-electron chi connectivity index (χ0n) is 16.0. The molecule has 4 rings (SSSR count). The molecule has 146 valence electrons. The van der Waals surface area contributed by atoms with Crippen molar-refractivity contribution in [2.24, 2.45) is 0 Å². The predicted molar refractivity (Wildman–Crippen MR) is 114 cm³/mol. The Hall–Kier alpha value is -3.38. The zero-order chi connectivity index (χ0) is 20.4. The molecule has 0 radical (unpaired) electrons. The van der Waals surface area contributed by atoms with Crippen LogP contribution in [-0.4, -0.2) is 28.0 Å². The highest BCUT2D eigenvalue weighted by molar-refractivity contribution is 6.31. The van der Waals surface area contributed by atoms with E-state index < -0.39 is 0 Å². The van der Waals surface area contributed by atoms with Gasteiger partial charge >= 0.3 is 0 Å². The number of carbonyl (C=O) groups is 1. The summed E-state index contributed by atoms with van der Waals surface area (Å²) in [4.78, 5) is 12.7. The third kappa shape index (κ3) is 3.93. The van der Waals surface area contributed by atoms with Crippen molar-refractivity contribution in [2.45, 2.75) is 13.5 Å². The van der Waals surface area contributed by atoms with Gasteiger partial charge in [-0.15, -0.1) is 5.10 Å². The van der Waals surface area contributed by atoms with Gasteiger partial charge in [0.2, 0.25) is 0 Å². The van der Waals surface area contributed by atoms with Crippen molar-refractivity contribution in [3.8, 4) is 5.75 Å². The standard InChI is InChI=1S/C22H19ClN4O2/c1-14-18(23)7-4-8-19(14)24-22(28)16-9-10-21-20(12-16)25-26-27(21)13-15-5-3-6-17(11-15)29-2/h3-12H,13H2,1-2H3,(H,24,28). The lowest BCUT2D eigenvalue weighted by Gasteiger charge is -2.09. The van der Waals surface area contributed by atoms with E-state index in [1.807, 2.05) is 43.3 Å². The quantitative estimate of drug-likeness (QED) is 0.521. The summed E-state index contributed by atoms with van der Waals surface area (Å²) in [6.07, 6.45) is 0. The largest absolute Gasteiger partial charge is 0.497 e. The molecule has 1 heterocycles. The first-order chi connectivity index (χ1) is 14.0. The van der Waals surface area contributed by atoms with Gasteiger partial charge in [0.1, 0.15) is 11.3 Å². The first kappa shape index (κ1) is 19.0. The number of amides is 1. The Morgan fingerprint density at radius 3 is 2.79 bits per heavy atom. The van der Waals surface area contributed by atoms with Crippen molar-refractivity contribution in [1.29, 1.82) is 0 Å². The van der Waals surface area contributed by atoms with E-state index >= 15 is 0 Å². The molecule has 1 amide bonds. The van der Waals surface area contributed by atoms with E-state index in [1.165, 1.54) is 0 Å². The first-order valence-electron chi connectivity index (χ1n) is 9.08. The number of fused-ring (bicyclic) bond motifs is 1. The number of nitrogens with one attached hydrogen (secondary N) is 1. The van der Waals surface area contributed by atoms with Crippen molar-refractivity contribution < 1.29 is 9.53 Å². The second kappa shape index (κ2) is 7.93. The summed E-state index contributed by atoms with van der Waals surface area (Å²) in [5.74, 6) is 0.571.